The van der Waals surface area contributed by atoms with Crippen molar-refractivity contribution in [3.8, 4) is 17.0 Å². The Morgan fingerprint density at radius 2 is 1.84 bits per heavy atom. The summed E-state index contributed by atoms with van der Waals surface area (Å²) in [6.07, 6.45) is 9.09. The number of fused-ring (bicyclic) bond motifs is 2. The molecule has 2 fully saturated rings. The molecule has 0 spiro atoms. The highest BCUT2D eigenvalue weighted by atomic mass is 16.5. The van der Waals surface area contributed by atoms with Gasteiger partial charge in [-0.3, -0.25) is 9.48 Å². The van der Waals surface area contributed by atoms with Crippen molar-refractivity contribution in [1.82, 2.24) is 14.7 Å². The number of aryl methyl sites for hydroxylation is 1. The maximum atomic E-state index is 13.7. The molecule has 1 aromatic heterocycles. The van der Waals surface area contributed by atoms with Crippen LogP contribution in [0.5, 0.6) is 5.75 Å². The van der Waals surface area contributed by atoms with E-state index in [0.717, 1.165) is 52.7 Å². The van der Waals surface area contributed by atoms with E-state index in [1.54, 1.807) is 6.20 Å². The Labute approximate surface area is 184 Å². The summed E-state index contributed by atoms with van der Waals surface area (Å²) in [5.41, 5.74) is 2.65. The summed E-state index contributed by atoms with van der Waals surface area (Å²) in [5.74, 6) is 1.70. The molecular formula is C26H31N3O2. The number of aromatic nitrogens is 2. The van der Waals surface area contributed by atoms with Crippen LogP contribution in [0.25, 0.3) is 22.0 Å². The van der Waals surface area contributed by atoms with Gasteiger partial charge in [0.2, 0.25) is 0 Å². The van der Waals surface area contributed by atoms with Crippen LogP contribution in [-0.4, -0.2) is 39.8 Å². The maximum absolute atomic E-state index is 13.7. The van der Waals surface area contributed by atoms with E-state index in [1.807, 2.05) is 24.7 Å². The summed E-state index contributed by atoms with van der Waals surface area (Å²) in [5, 5.41) is 6.74. The summed E-state index contributed by atoms with van der Waals surface area (Å²) in [7, 11) is 1.92. The Morgan fingerprint density at radius 3 is 2.71 bits per heavy atom. The third-order valence-electron chi connectivity index (χ3n) is 7.07. The lowest BCUT2D eigenvalue weighted by Crippen LogP contribution is -2.49. The highest BCUT2D eigenvalue weighted by molar-refractivity contribution is 6.01. The summed E-state index contributed by atoms with van der Waals surface area (Å²) in [6.45, 7) is 3.51. The Kier molecular flexibility index (Phi) is 5.43. The smallest absolute Gasteiger partial charge is 0.257 e. The van der Waals surface area contributed by atoms with Gasteiger partial charge in [-0.05, 0) is 67.5 Å². The van der Waals surface area contributed by atoms with Crippen LogP contribution in [0.2, 0.25) is 0 Å². The van der Waals surface area contributed by atoms with Crippen LogP contribution in [0.4, 0.5) is 0 Å². The number of ether oxygens (including phenoxy) is 1. The number of hydrogen-bond donors (Lipinski definition) is 0. The molecule has 1 aliphatic heterocycles. The summed E-state index contributed by atoms with van der Waals surface area (Å²) in [6, 6.07) is 12.9. The molecule has 0 radical (unpaired) electrons. The fourth-order valence-corrected chi connectivity index (χ4v) is 5.60. The van der Waals surface area contributed by atoms with Gasteiger partial charge in [-0.1, -0.05) is 31.0 Å². The van der Waals surface area contributed by atoms with E-state index in [2.05, 4.69) is 40.3 Å². The Hall–Kier alpha value is -2.82. The number of carbonyl (C=O) groups excluding carboxylic acids is 1. The van der Waals surface area contributed by atoms with Gasteiger partial charge in [0, 0.05) is 25.2 Å². The molecular weight excluding hydrogens is 386 g/mol. The minimum atomic E-state index is 0.145. The molecule has 162 valence electrons. The largest absolute Gasteiger partial charge is 0.494 e. The van der Waals surface area contributed by atoms with Crippen molar-refractivity contribution in [1.29, 1.82) is 0 Å². The topological polar surface area (TPSA) is 47.4 Å². The van der Waals surface area contributed by atoms with Gasteiger partial charge in [0.15, 0.2) is 0 Å². The quantitative estimate of drug-likeness (QED) is 0.568. The molecule has 1 saturated carbocycles. The average molecular weight is 418 g/mol. The maximum Gasteiger partial charge on any atom is 0.257 e. The number of likely N-dealkylation sites (tertiary alicyclic amines) is 1. The van der Waals surface area contributed by atoms with Crippen molar-refractivity contribution >= 4 is 16.7 Å². The first-order chi connectivity index (χ1) is 15.2. The molecule has 2 unspecified atom stereocenters. The van der Waals surface area contributed by atoms with Crippen LogP contribution in [0.3, 0.4) is 0 Å². The number of piperidine rings is 1. The van der Waals surface area contributed by atoms with Crippen molar-refractivity contribution in [2.45, 2.75) is 51.5 Å². The van der Waals surface area contributed by atoms with E-state index < -0.39 is 0 Å². The lowest BCUT2D eigenvalue weighted by Gasteiger charge is -2.44. The molecule has 5 rings (SSSR count). The lowest BCUT2D eigenvalue weighted by molar-refractivity contribution is 0.0391. The van der Waals surface area contributed by atoms with Crippen LogP contribution in [-0.2, 0) is 7.05 Å². The standard InChI is InChI=1S/C26H31N3O2/c1-3-31-22-13-12-19-15-21(11-10-20(19)16-22)25-23(17-27-28(25)2)26(30)29-14-6-8-18-7-4-5-9-24(18)29/h10-13,15-18,24H,3-9,14H2,1-2H3. The summed E-state index contributed by atoms with van der Waals surface area (Å²) in [4.78, 5) is 15.9. The second-order valence-electron chi connectivity index (χ2n) is 8.94. The number of benzene rings is 2. The molecule has 1 saturated heterocycles. The van der Waals surface area contributed by atoms with Gasteiger partial charge in [0.1, 0.15) is 5.75 Å². The lowest BCUT2D eigenvalue weighted by atomic mass is 9.78. The number of hydrogen-bond acceptors (Lipinski definition) is 3. The first-order valence-electron chi connectivity index (χ1n) is 11.7. The van der Waals surface area contributed by atoms with Gasteiger partial charge in [-0.2, -0.15) is 5.10 Å². The van der Waals surface area contributed by atoms with Crippen molar-refractivity contribution in [3.05, 3.63) is 48.2 Å². The fraction of sp³-hybridized carbons (Fsp3) is 0.462. The normalized spacial score (nSPS) is 21.2. The molecule has 3 aromatic rings. The summed E-state index contributed by atoms with van der Waals surface area (Å²) < 4.78 is 7.47. The number of rotatable bonds is 4. The van der Waals surface area contributed by atoms with Gasteiger partial charge in [0.25, 0.3) is 5.91 Å². The number of amides is 1. The van der Waals surface area contributed by atoms with Crippen LogP contribution in [0.15, 0.2) is 42.6 Å². The molecule has 5 heteroatoms. The zero-order valence-electron chi connectivity index (χ0n) is 18.5. The molecule has 5 nitrogen and oxygen atoms in total. The molecule has 1 aliphatic carbocycles. The zero-order chi connectivity index (χ0) is 21.4. The van der Waals surface area contributed by atoms with Crippen LogP contribution in [0, 0.1) is 5.92 Å². The van der Waals surface area contributed by atoms with Gasteiger partial charge >= 0.3 is 0 Å². The molecule has 0 N–H and O–H groups in total. The molecule has 2 aromatic carbocycles. The Morgan fingerprint density at radius 1 is 1.06 bits per heavy atom. The predicted molar refractivity (Wildman–Crippen MR) is 123 cm³/mol. The minimum Gasteiger partial charge on any atom is -0.494 e. The second kappa shape index (κ2) is 8.37. The third-order valence-corrected chi connectivity index (χ3v) is 7.07. The minimum absolute atomic E-state index is 0.145. The highest BCUT2D eigenvalue weighted by Gasteiger charge is 2.37. The predicted octanol–water partition coefficient (Wildman–Crippen LogP) is 5.43. The average Bonchev–Trinajstić information content (AvgIpc) is 3.19. The first-order valence-corrected chi connectivity index (χ1v) is 11.7. The zero-order valence-corrected chi connectivity index (χ0v) is 18.5. The highest BCUT2D eigenvalue weighted by Crippen LogP contribution is 2.37. The van der Waals surface area contributed by atoms with E-state index in [4.69, 9.17) is 4.74 Å². The van der Waals surface area contributed by atoms with Crippen molar-refractivity contribution < 1.29 is 9.53 Å². The van der Waals surface area contributed by atoms with E-state index in [0.29, 0.717) is 18.6 Å². The van der Waals surface area contributed by atoms with Gasteiger partial charge in [-0.25, -0.2) is 0 Å². The first kappa shape index (κ1) is 20.1. The van der Waals surface area contributed by atoms with Gasteiger partial charge in [-0.15, -0.1) is 0 Å². The molecule has 0 bridgehead atoms. The number of carbonyl (C=O) groups is 1. The van der Waals surface area contributed by atoms with Crippen LogP contribution in [0.1, 0.15) is 55.8 Å². The van der Waals surface area contributed by atoms with Crippen LogP contribution >= 0.6 is 0 Å². The van der Waals surface area contributed by atoms with E-state index in [-0.39, 0.29) is 5.91 Å². The van der Waals surface area contributed by atoms with Gasteiger partial charge < -0.3 is 9.64 Å². The molecule has 31 heavy (non-hydrogen) atoms. The van der Waals surface area contributed by atoms with E-state index in [9.17, 15) is 4.79 Å². The molecule has 2 atom stereocenters. The Bertz CT molecular complexity index is 1100. The van der Waals surface area contributed by atoms with Gasteiger partial charge in [0.05, 0.1) is 24.1 Å². The van der Waals surface area contributed by atoms with Crippen molar-refractivity contribution in [3.63, 3.8) is 0 Å². The monoisotopic (exact) mass is 417 g/mol. The van der Waals surface area contributed by atoms with E-state index in [1.165, 1.54) is 25.7 Å². The Balaban J connectivity index is 1.49. The number of nitrogens with zero attached hydrogens (tertiary/aromatic N) is 3. The molecule has 2 aliphatic rings. The fourth-order valence-electron chi connectivity index (χ4n) is 5.60. The van der Waals surface area contributed by atoms with Crippen molar-refractivity contribution in [2.75, 3.05) is 13.2 Å². The van der Waals surface area contributed by atoms with Crippen LogP contribution < -0.4 is 4.74 Å². The molecule has 1 amide bonds. The summed E-state index contributed by atoms with van der Waals surface area (Å²) >= 11 is 0. The third kappa shape index (κ3) is 3.71. The van der Waals surface area contributed by atoms with Crippen molar-refractivity contribution in [2.24, 2.45) is 13.0 Å². The second-order valence-corrected chi connectivity index (χ2v) is 8.94. The SMILES string of the molecule is CCOc1ccc2cc(-c3c(C(=O)N4CCCC5CCCCC54)cnn3C)ccc2c1. The van der Waals surface area contributed by atoms with E-state index >= 15 is 0 Å². The molecule has 2 heterocycles.